The Morgan fingerprint density at radius 1 is 1.35 bits per heavy atom. The van der Waals surface area contributed by atoms with Crippen LogP contribution in [-0.4, -0.2) is 40.6 Å². The highest BCUT2D eigenvalue weighted by Gasteiger charge is 2.40. The van der Waals surface area contributed by atoms with Crippen molar-refractivity contribution in [2.75, 3.05) is 6.54 Å². The molecular weight excluding hydrogens is 256 g/mol. The Bertz CT molecular complexity index is 389. The first-order chi connectivity index (χ1) is 9.24. The SMILES string of the molecule is CC(C)(C)CC(CC(=O)O)NC(=O)N1CC2CCC1C2. The van der Waals surface area contributed by atoms with E-state index in [4.69, 9.17) is 5.11 Å². The highest BCUT2D eigenvalue weighted by Crippen LogP contribution is 2.37. The smallest absolute Gasteiger partial charge is 0.317 e. The van der Waals surface area contributed by atoms with Gasteiger partial charge in [-0.2, -0.15) is 0 Å². The zero-order valence-corrected chi connectivity index (χ0v) is 12.7. The fourth-order valence-electron chi connectivity index (χ4n) is 3.56. The number of hydrogen-bond acceptors (Lipinski definition) is 2. The second-order valence-corrected chi connectivity index (χ2v) is 7.49. The number of carbonyl (C=O) groups excluding carboxylic acids is 1. The van der Waals surface area contributed by atoms with Gasteiger partial charge in [-0.1, -0.05) is 20.8 Å². The van der Waals surface area contributed by atoms with Gasteiger partial charge in [-0.15, -0.1) is 0 Å². The van der Waals surface area contributed by atoms with Gasteiger partial charge in [-0.25, -0.2) is 4.79 Å². The van der Waals surface area contributed by atoms with Gasteiger partial charge >= 0.3 is 12.0 Å². The second-order valence-electron chi connectivity index (χ2n) is 7.49. The first kappa shape index (κ1) is 15.1. The number of likely N-dealkylation sites (tertiary alicyclic amines) is 1. The maximum absolute atomic E-state index is 12.3. The molecule has 2 bridgehead atoms. The normalized spacial score (nSPS) is 26.6. The lowest BCUT2D eigenvalue weighted by Gasteiger charge is -2.31. The van der Waals surface area contributed by atoms with Crippen molar-refractivity contribution in [1.29, 1.82) is 0 Å². The molecule has 1 aliphatic carbocycles. The van der Waals surface area contributed by atoms with E-state index >= 15 is 0 Å². The minimum Gasteiger partial charge on any atom is -0.481 e. The molecule has 2 aliphatic rings. The lowest BCUT2D eigenvalue weighted by Crippen LogP contribution is -2.49. The van der Waals surface area contributed by atoms with Crippen LogP contribution in [0.15, 0.2) is 0 Å². The minimum absolute atomic E-state index is 0.00257. The van der Waals surface area contributed by atoms with E-state index in [-0.39, 0.29) is 23.9 Å². The van der Waals surface area contributed by atoms with Gasteiger partial charge in [0.2, 0.25) is 0 Å². The standard InChI is InChI=1S/C15H26N2O3/c1-15(2,3)8-11(7-13(18)19)16-14(20)17-9-10-4-5-12(17)6-10/h10-12H,4-9H2,1-3H3,(H,16,20)(H,18,19). The van der Waals surface area contributed by atoms with Crippen molar-refractivity contribution in [2.45, 2.75) is 65.0 Å². The van der Waals surface area contributed by atoms with Crippen molar-refractivity contribution in [3.63, 3.8) is 0 Å². The first-order valence-corrected chi connectivity index (χ1v) is 7.53. The molecule has 3 atom stereocenters. The second kappa shape index (κ2) is 5.62. The van der Waals surface area contributed by atoms with Crippen molar-refractivity contribution in [3.05, 3.63) is 0 Å². The van der Waals surface area contributed by atoms with Crippen LogP contribution in [0.2, 0.25) is 0 Å². The Hall–Kier alpha value is -1.26. The third kappa shape index (κ3) is 3.87. The minimum atomic E-state index is -0.859. The Morgan fingerprint density at radius 2 is 2.05 bits per heavy atom. The highest BCUT2D eigenvalue weighted by atomic mass is 16.4. The van der Waals surface area contributed by atoms with Crippen molar-refractivity contribution >= 4 is 12.0 Å². The van der Waals surface area contributed by atoms with E-state index in [0.717, 1.165) is 19.4 Å². The molecule has 0 aromatic carbocycles. The molecule has 2 amide bonds. The molecule has 114 valence electrons. The summed E-state index contributed by atoms with van der Waals surface area (Å²) < 4.78 is 0. The number of fused-ring (bicyclic) bond motifs is 2. The molecule has 5 heteroatoms. The maximum atomic E-state index is 12.3. The lowest BCUT2D eigenvalue weighted by molar-refractivity contribution is -0.137. The fourth-order valence-corrected chi connectivity index (χ4v) is 3.56. The number of carbonyl (C=O) groups is 2. The summed E-state index contributed by atoms with van der Waals surface area (Å²) in [6, 6.07) is 0.00643. The Balaban J connectivity index is 1.92. The molecule has 0 radical (unpaired) electrons. The maximum Gasteiger partial charge on any atom is 0.317 e. The van der Waals surface area contributed by atoms with E-state index in [1.165, 1.54) is 6.42 Å². The number of nitrogens with zero attached hydrogens (tertiary/aromatic N) is 1. The quantitative estimate of drug-likeness (QED) is 0.832. The van der Waals surface area contributed by atoms with Gasteiger partial charge in [0.25, 0.3) is 0 Å². The molecule has 3 unspecified atom stereocenters. The van der Waals surface area contributed by atoms with Gasteiger partial charge in [-0.3, -0.25) is 4.79 Å². The summed E-state index contributed by atoms with van der Waals surface area (Å²) in [6.45, 7) is 7.02. The summed E-state index contributed by atoms with van der Waals surface area (Å²) >= 11 is 0. The molecule has 0 aromatic rings. The molecule has 1 heterocycles. The van der Waals surface area contributed by atoms with Crippen LogP contribution in [0.1, 0.15) is 52.9 Å². The zero-order valence-electron chi connectivity index (χ0n) is 12.7. The van der Waals surface area contributed by atoms with Gasteiger partial charge in [0.15, 0.2) is 0 Å². The number of rotatable bonds is 4. The van der Waals surface area contributed by atoms with Crippen LogP contribution < -0.4 is 5.32 Å². The van der Waals surface area contributed by atoms with Crippen LogP contribution in [0, 0.1) is 11.3 Å². The predicted octanol–water partition coefficient (Wildman–Crippen LogP) is 2.46. The first-order valence-electron chi connectivity index (χ1n) is 7.53. The van der Waals surface area contributed by atoms with Gasteiger partial charge in [0, 0.05) is 18.6 Å². The van der Waals surface area contributed by atoms with Crippen LogP contribution >= 0.6 is 0 Å². The number of carboxylic acid groups (broad SMARTS) is 1. The van der Waals surface area contributed by atoms with Crippen molar-refractivity contribution in [1.82, 2.24) is 10.2 Å². The van der Waals surface area contributed by atoms with Crippen LogP contribution in [0.4, 0.5) is 4.79 Å². The number of urea groups is 1. The summed E-state index contributed by atoms with van der Waals surface area (Å²) in [7, 11) is 0. The van der Waals surface area contributed by atoms with Gasteiger partial charge in [0.05, 0.1) is 6.42 Å². The Kier molecular flexibility index (Phi) is 4.25. The summed E-state index contributed by atoms with van der Waals surface area (Å²) in [5.74, 6) is -0.200. The summed E-state index contributed by atoms with van der Waals surface area (Å²) in [5, 5.41) is 11.9. The van der Waals surface area contributed by atoms with E-state index in [2.05, 4.69) is 26.1 Å². The van der Waals surface area contributed by atoms with Crippen LogP contribution in [0.25, 0.3) is 0 Å². The van der Waals surface area contributed by atoms with Crippen LogP contribution in [-0.2, 0) is 4.79 Å². The number of carboxylic acids is 1. The largest absolute Gasteiger partial charge is 0.481 e. The summed E-state index contributed by atoms with van der Waals surface area (Å²) in [6.07, 6.45) is 4.12. The molecule has 0 spiro atoms. The average Bonchev–Trinajstić information content (AvgIpc) is 2.86. The summed E-state index contributed by atoms with van der Waals surface area (Å²) in [5.41, 5.74) is -0.00257. The molecule has 1 saturated carbocycles. The predicted molar refractivity (Wildman–Crippen MR) is 76.5 cm³/mol. The summed E-state index contributed by atoms with van der Waals surface area (Å²) in [4.78, 5) is 25.2. The topological polar surface area (TPSA) is 69.6 Å². The lowest BCUT2D eigenvalue weighted by atomic mass is 9.87. The number of amides is 2. The van der Waals surface area contributed by atoms with Crippen molar-refractivity contribution in [2.24, 2.45) is 11.3 Å². The van der Waals surface area contributed by atoms with E-state index in [1.54, 1.807) is 0 Å². The third-order valence-electron chi connectivity index (χ3n) is 4.28. The number of piperidine rings is 1. The van der Waals surface area contributed by atoms with E-state index in [9.17, 15) is 9.59 Å². The molecule has 5 nitrogen and oxygen atoms in total. The Morgan fingerprint density at radius 3 is 2.50 bits per heavy atom. The average molecular weight is 282 g/mol. The zero-order chi connectivity index (χ0) is 14.9. The van der Waals surface area contributed by atoms with Gasteiger partial charge in [0.1, 0.15) is 0 Å². The number of hydrogen-bond donors (Lipinski definition) is 2. The third-order valence-corrected chi connectivity index (χ3v) is 4.28. The fraction of sp³-hybridized carbons (Fsp3) is 0.867. The molecule has 20 heavy (non-hydrogen) atoms. The molecule has 0 aromatic heterocycles. The van der Waals surface area contributed by atoms with E-state index < -0.39 is 5.97 Å². The van der Waals surface area contributed by atoms with Crippen molar-refractivity contribution < 1.29 is 14.7 Å². The molecule has 2 fully saturated rings. The molecular formula is C15H26N2O3. The van der Waals surface area contributed by atoms with E-state index in [0.29, 0.717) is 18.4 Å². The van der Waals surface area contributed by atoms with Gasteiger partial charge in [-0.05, 0) is 37.0 Å². The van der Waals surface area contributed by atoms with Crippen molar-refractivity contribution in [3.8, 4) is 0 Å². The Labute approximate surface area is 120 Å². The monoisotopic (exact) mass is 282 g/mol. The van der Waals surface area contributed by atoms with Crippen LogP contribution in [0.3, 0.4) is 0 Å². The number of nitrogens with one attached hydrogen (secondary N) is 1. The van der Waals surface area contributed by atoms with Gasteiger partial charge < -0.3 is 15.3 Å². The molecule has 1 aliphatic heterocycles. The van der Waals surface area contributed by atoms with E-state index in [1.807, 2.05) is 4.90 Å². The molecule has 1 saturated heterocycles. The number of aliphatic carboxylic acids is 1. The van der Waals surface area contributed by atoms with Crippen LogP contribution in [0.5, 0.6) is 0 Å². The molecule has 2 rings (SSSR count). The molecule has 2 N–H and O–H groups in total. The highest BCUT2D eigenvalue weighted by molar-refractivity contribution is 5.76.